The van der Waals surface area contributed by atoms with Gasteiger partial charge in [-0.3, -0.25) is 4.90 Å². The predicted octanol–water partition coefficient (Wildman–Crippen LogP) is 4.83. The number of carbonyl (C=O) groups is 1. The van der Waals surface area contributed by atoms with E-state index in [9.17, 15) is 31.1 Å². The number of piperazine rings is 1. The zero-order chi connectivity index (χ0) is 19.7. The molecule has 1 aliphatic heterocycles. The topological polar surface area (TPSA) is 35.6 Å². The molecule has 2 rings (SSSR count). The Balaban J connectivity index is 2.08. The van der Waals surface area contributed by atoms with Crippen molar-refractivity contribution in [2.24, 2.45) is 0 Å². The monoisotopic (exact) mass is 467 g/mol. The number of urea groups is 1. The van der Waals surface area contributed by atoms with E-state index in [-0.39, 0.29) is 35.7 Å². The number of hydrogen-bond acceptors (Lipinski definition) is 2. The van der Waals surface area contributed by atoms with Crippen molar-refractivity contribution in [3.63, 3.8) is 0 Å². The number of nitrogens with one attached hydrogen (secondary N) is 1. The van der Waals surface area contributed by atoms with E-state index in [0.29, 0.717) is 0 Å². The SMILES string of the molecule is O=C(Nc1c(Cl)cc(Br)cc1C(F)(F)F)N1CCN(CC(F)(F)F)CC1. The van der Waals surface area contributed by atoms with Crippen LogP contribution in [0.1, 0.15) is 5.56 Å². The molecular formula is C14H13BrClF6N3O. The second-order valence-corrected chi connectivity index (χ2v) is 6.94. The smallest absolute Gasteiger partial charge is 0.322 e. The van der Waals surface area contributed by atoms with Crippen LogP contribution in [0.5, 0.6) is 0 Å². The molecule has 2 amide bonds. The highest BCUT2D eigenvalue weighted by molar-refractivity contribution is 9.10. The summed E-state index contributed by atoms with van der Waals surface area (Å²) in [5.74, 6) is 0. The van der Waals surface area contributed by atoms with E-state index in [1.54, 1.807) is 0 Å². The summed E-state index contributed by atoms with van der Waals surface area (Å²) in [6, 6.07) is 1.13. The third-order valence-corrected chi connectivity index (χ3v) is 4.41. The summed E-state index contributed by atoms with van der Waals surface area (Å²) >= 11 is 8.73. The summed E-state index contributed by atoms with van der Waals surface area (Å²) in [5, 5.41) is 1.81. The Labute approximate surface area is 158 Å². The molecule has 1 N–H and O–H groups in total. The molecule has 1 saturated heterocycles. The average Bonchev–Trinajstić information content (AvgIpc) is 2.47. The van der Waals surface area contributed by atoms with Crippen LogP contribution in [0.25, 0.3) is 0 Å². The lowest BCUT2D eigenvalue weighted by Gasteiger charge is -2.35. The van der Waals surface area contributed by atoms with E-state index in [0.717, 1.165) is 15.9 Å². The van der Waals surface area contributed by atoms with Gasteiger partial charge in [-0.15, -0.1) is 0 Å². The highest BCUT2D eigenvalue weighted by atomic mass is 79.9. The maximum absolute atomic E-state index is 13.2. The number of hydrogen-bond donors (Lipinski definition) is 1. The fraction of sp³-hybridized carbons (Fsp3) is 0.500. The van der Waals surface area contributed by atoms with Gasteiger partial charge in [0.05, 0.1) is 22.8 Å². The van der Waals surface area contributed by atoms with E-state index in [1.165, 1.54) is 6.07 Å². The molecule has 0 aliphatic carbocycles. The Morgan fingerprint density at radius 3 is 2.19 bits per heavy atom. The van der Waals surface area contributed by atoms with E-state index in [2.05, 4.69) is 21.2 Å². The lowest BCUT2D eigenvalue weighted by atomic mass is 10.1. The first kappa shape index (κ1) is 21.1. The summed E-state index contributed by atoms with van der Waals surface area (Å²) < 4.78 is 76.6. The Bertz CT molecular complexity index is 674. The van der Waals surface area contributed by atoms with Gasteiger partial charge >= 0.3 is 18.4 Å². The van der Waals surface area contributed by atoms with E-state index in [4.69, 9.17) is 11.6 Å². The maximum atomic E-state index is 13.2. The first-order chi connectivity index (χ1) is 11.9. The van der Waals surface area contributed by atoms with Gasteiger partial charge < -0.3 is 10.2 Å². The molecule has 12 heteroatoms. The molecule has 1 aromatic carbocycles. The van der Waals surface area contributed by atoms with Crippen LogP contribution in [0.2, 0.25) is 5.02 Å². The second-order valence-electron chi connectivity index (χ2n) is 5.62. The van der Waals surface area contributed by atoms with Crippen LogP contribution in [0.15, 0.2) is 16.6 Å². The fourth-order valence-corrected chi connectivity index (χ4v) is 3.33. The number of rotatable bonds is 2. The van der Waals surface area contributed by atoms with Gasteiger partial charge in [0.15, 0.2) is 0 Å². The Kier molecular flexibility index (Phi) is 6.34. The summed E-state index contributed by atoms with van der Waals surface area (Å²) in [7, 11) is 0. The minimum absolute atomic E-state index is 0.0346. The molecule has 0 bridgehead atoms. The van der Waals surface area contributed by atoms with Gasteiger partial charge in [-0.05, 0) is 12.1 Å². The molecule has 1 fully saturated rings. The molecule has 1 aromatic rings. The third-order valence-electron chi connectivity index (χ3n) is 3.65. The zero-order valence-electron chi connectivity index (χ0n) is 13.0. The average molecular weight is 469 g/mol. The van der Waals surface area contributed by atoms with Crippen molar-refractivity contribution in [3.8, 4) is 0 Å². The molecular weight excluding hydrogens is 456 g/mol. The van der Waals surface area contributed by atoms with Crippen molar-refractivity contribution in [2.75, 3.05) is 38.0 Å². The molecule has 26 heavy (non-hydrogen) atoms. The Hall–Kier alpha value is -1.20. The van der Waals surface area contributed by atoms with E-state index in [1.807, 2.05) is 0 Å². The molecule has 0 unspecified atom stereocenters. The first-order valence-electron chi connectivity index (χ1n) is 7.28. The number of benzene rings is 1. The number of carbonyl (C=O) groups excluding carboxylic acids is 1. The van der Waals surface area contributed by atoms with Crippen molar-refractivity contribution >= 4 is 39.2 Å². The van der Waals surface area contributed by atoms with E-state index < -0.39 is 36.2 Å². The molecule has 0 aromatic heterocycles. The third kappa shape index (κ3) is 5.65. The molecule has 0 saturated carbocycles. The van der Waals surface area contributed by atoms with Crippen LogP contribution in [-0.2, 0) is 6.18 Å². The van der Waals surface area contributed by atoms with Gasteiger partial charge in [0.25, 0.3) is 0 Å². The molecule has 1 heterocycles. The quantitative estimate of drug-likeness (QED) is 0.631. The van der Waals surface area contributed by atoms with Gasteiger partial charge in [-0.1, -0.05) is 27.5 Å². The number of alkyl halides is 6. The molecule has 146 valence electrons. The summed E-state index contributed by atoms with van der Waals surface area (Å²) in [5.41, 5.74) is -1.72. The van der Waals surface area contributed by atoms with Crippen molar-refractivity contribution in [3.05, 3.63) is 27.2 Å². The summed E-state index contributed by atoms with van der Waals surface area (Å²) in [6.45, 7) is -1.26. The van der Waals surface area contributed by atoms with Crippen LogP contribution >= 0.6 is 27.5 Å². The molecule has 0 spiro atoms. The van der Waals surface area contributed by atoms with Crippen LogP contribution in [0.4, 0.5) is 36.8 Å². The van der Waals surface area contributed by atoms with Crippen molar-refractivity contribution < 1.29 is 31.1 Å². The minimum Gasteiger partial charge on any atom is -0.322 e. The summed E-state index contributed by atoms with van der Waals surface area (Å²) in [6.07, 6.45) is -9.10. The summed E-state index contributed by atoms with van der Waals surface area (Å²) in [4.78, 5) is 14.5. The molecule has 0 radical (unpaired) electrons. The largest absolute Gasteiger partial charge is 0.418 e. The molecule has 1 aliphatic rings. The molecule has 4 nitrogen and oxygen atoms in total. The molecule has 0 atom stereocenters. The van der Waals surface area contributed by atoms with Crippen LogP contribution < -0.4 is 5.32 Å². The van der Waals surface area contributed by atoms with Gasteiger partial charge in [0.1, 0.15) is 0 Å². The zero-order valence-corrected chi connectivity index (χ0v) is 15.4. The Morgan fingerprint density at radius 1 is 1.12 bits per heavy atom. The van der Waals surface area contributed by atoms with Gasteiger partial charge in [-0.2, -0.15) is 26.3 Å². The standard InChI is InChI=1S/C14H13BrClF6N3O/c15-8-5-9(14(20,21)22)11(10(16)6-8)23-12(26)25-3-1-24(2-4-25)7-13(17,18)19/h5-6H,1-4,7H2,(H,23,26). The lowest BCUT2D eigenvalue weighted by Crippen LogP contribution is -2.52. The van der Waals surface area contributed by atoms with Gasteiger partial charge in [0, 0.05) is 30.7 Å². The van der Waals surface area contributed by atoms with Crippen molar-refractivity contribution in [1.29, 1.82) is 0 Å². The van der Waals surface area contributed by atoms with Gasteiger partial charge in [-0.25, -0.2) is 4.79 Å². The van der Waals surface area contributed by atoms with Crippen LogP contribution in [-0.4, -0.2) is 54.7 Å². The minimum atomic E-state index is -4.75. The second kappa shape index (κ2) is 7.81. The number of anilines is 1. The maximum Gasteiger partial charge on any atom is 0.418 e. The normalized spacial score (nSPS) is 16.7. The van der Waals surface area contributed by atoms with Gasteiger partial charge in [0.2, 0.25) is 0 Å². The predicted molar refractivity (Wildman–Crippen MR) is 87.2 cm³/mol. The van der Waals surface area contributed by atoms with Crippen LogP contribution in [0, 0.1) is 0 Å². The highest BCUT2D eigenvalue weighted by Gasteiger charge is 2.37. The number of halogens is 8. The number of amides is 2. The van der Waals surface area contributed by atoms with Crippen LogP contribution in [0.3, 0.4) is 0 Å². The van der Waals surface area contributed by atoms with Crippen molar-refractivity contribution in [2.45, 2.75) is 12.4 Å². The first-order valence-corrected chi connectivity index (χ1v) is 8.45. The number of nitrogens with zero attached hydrogens (tertiary/aromatic N) is 2. The lowest BCUT2D eigenvalue weighted by molar-refractivity contribution is -0.148. The van der Waals surface area contributed by atoms with E-state index >= 15 is 0 Å². The Morgan fingerprint density at radius 2 is 1.69 bits per heavy atom. The highest BCUT2D eigenvalue weighted by Crippen LogP contribution is 2.40. The fourth-order valence-electron chi connectivity index (χ4n) is 2.47. The van der Waals surface area contributed by atoms with Crippen molar-refractivity contribution in [1.82, 2.24) is 9.80 Å².